The summed E-state index contributed by atoms with van der Waals surface area (Å²) in [6, 6.07) is 12.4. The number of nitrogens with one attached hydrogen (secondary N) is 1. The molecule has 0 bridgehead atoms. The average Bonchev–Trinajstić information content (AvgIpc) is 3.32. The normalized spacial score (nSPS) is 17.2. The van der Waals surface area contributed by atoms with Crippen LogP contribution in [0.3, 0.4) is 0 Å². The van der Waals surface area contributed by atoms with Crippen LogP contribution in [0.1, 0.15) is 48.4 Å². The Kier molecular flexibility index (Phi) is 11.1. The number of fused-ring (bicyclic) bond motifs is 1. The number of carboxylic acids is 2. The summed E-state index contributed by atoms with van der Waals surface area (Å²) in [7, 11) is 0. The molecular formula is C30H33Cl2F3N4O4. The van der Waals surface area contributed by atoms with Crippen LogP contribution >= 0.6 is 23.2 Å². The van der Waals surface area contributed by atoms with E-state index in [0.29, 0.717) is 28.4 Å². The summed E-state index contributed by atoms with van der Waals surface area (Å²) in [5, 5.41) is 27.1. The molecular weight excluding hydrogens is 608 g/mol. The van der Waals surface area contributed by atoms with Gasteiger partial charge in [0.15, 0.2) is 0 Å². The molecule has 1 aromatic heterocycles. The number of alkyl halides is 3. The molecule has 8 nitrogen and oxygen atoms in total. The minimum Gasteiger partial charge on any atom is -0.480 e. The highest BCUT2D eigenvalue weighted by atomic mass is 35.5. The minimum absolute atomic E-state index is 0.103. The lowest BCUT2D eigenvalue weighted by Crippen LogP contribution is -2.36. The smallest absolute Gasteiger partial charge is 0.480 e. The molecule has 0 amide bonds. The van der Waals surface area contributed by atoms with Gasteiger partial charge in [0, 0.05) is 11.3 Å². The Labute approximate surface area is 257 Å². The third-order valence-electron chi connectivity index (χ3n) is 7.64. The fraction of sp³-hybridized carbons (Fsp3) is 0.433. The zero-order chi connectivity index (χ0) is 31.1. The van der Waals surface area contributed by atoms with E-state index >= 15 is 0 Å². The van der Waals surface area contributed by atoms with E-state index in [1.165, 1.54) is 23.8 Å². The van der Waals surface area contributed by atoms with Crippen molar-refractivity contribution in [3.05, 3.63) is 69.3 Å². The van der Waals surface area contributed by atoms with E-state index in [9.17, 15) is 18.0 Å². The maximum absolute atomic E-state index is 11.1. The Morgan fingerprint density at radius 2 is 1.67 bits per heavy atom. The molecule has 2 aliphatic heterocycles. The maximum Gasteiger partial charge on any atom is 0.490 e. The number of allylic oxidation sites excluding steroid dienone is 1. The van der Waals surface area contributed by atoms with Gasteiger partial charge in [-0.3, -0.25) is 14.4 Å². The number of piperidine rings is 2. The Balaban J connectivity index is 0.000000541. The van der Waals surface area contributed by atoms with Gasteiger partial charge in [-0.2, -0.15) is 18.3 Å². The van der Waals surface area contributed by atoms with Crippen LogP contribution in [0.5, 0.6) is 0 Å². The zero-order valence-electron chi connectivity index (χ0n) is 23.3. The molecule has 232 valence electrons. The molecule has 0 aliphatic carbocycles. The number of aliphatic carboxylic acids is 2. The molecule has 0 atom stereocenters. The summed E-state index contributed by atoms with van der Waals surface area (Å²) in [4.78, 5) is 22.0. The van der Waals surface area contributed by atoms with Gasteiger partial charge in [-0.1, -0.05) is 53.6 Å². The third kappa shape index (κ3) is 9.18. The van der Waals surface area contributed by atoms with Gasteiger partial charge in [-0.15, -0.1) is 0 Å². The van der Waals surface area contributed by atoms with E-state index in [1.807, 2.05) is 23.1 Å². The lowest BCUT2D eigenvalue weighted by molar-refractivity contribution is -0.192. The minimum atomic E-state index is -5.08. The molecule has 2 aliphatic rings. The molecule has 0 radical (unpaired) electrons. The van der Waals surface area contributed by atoms with Gasteiger partial charge in [0.25, 0.3) is 0 Å². The largest absolute Gasteiger partial charge is 0.490 e. The molecule has 2 fully saturated rings. The zero-order valence-corrected chi connectivity index (χ0v) is 24.8. The van der Waals surface area contributed by atoms with Crippen molar-refractivity contribution in [1.82, 2.24) is 20.0 Å². The average molecular weight is 642 g/mol. The van der Waals surface area contributed by atoms with Gasteiger partial charge in [0.1, 0.15) is 0 Å². The number of halogens is 5. The van der Waals surface area contributed by atoms with Crippen LogP contribution < -0.4 is 5.32 Å². The van der Waals surface area contributed by atoms with Crippen LogP contribution in [0.15, 0.2) is 42.5 Å². The second kappa shape index (κ2) is 14.6. The van der Waals surface area contributed by atoms with Crippen molar-refractivity contribution in [2.75, 3.05) is 32.7 Å². The van der Waals surface area contributed by atoms with Crippen molar-refractivity contribution in [2.24, 2.45) is 5.92 Å². The number of hydrogen-bond donors (Lipinski definition) is 3. The predicted molar refractivity (Wildman–Crippen MR) is 160 cm³/mol. The first-order valence-corrected chi connectivity index (χ1v) is 14.7. The number of likely N-dealkylation sites (tertiary alicyclic amines) is 1. The van der Waals surface area contributed by atoms with E-state index in [0.717, 1.165) is 55.8 Å². The SMILES string of the molecule is O=C(O)C(F)(F)F.O=C(O)CN1CCC(c2nn(Cc3ccc(Cl)c(Cl)c3)c3cc(C=CC4CCNCC4)ccc23)CC1. The number of nitrogens with zero attached hydrogens (tertiary/aromatic N) is 3. The number of hydrogen-bond acceptors (Lipinski definition) is 5. The Morgan fingerprint density at radius 3 is 2.28 bits per heavy atom. The van der Waals surface area contributed by atoms with Crippen LogP contribution in [0.25, 0.3) is 17.0 Å². The van der Waals surface area contributed by atoms with E-state index < -0.39 is 18.1 Å². The van der Waals surface area contributed by atoms with Crippen molar-refractivity contribution in [1.29, 1.82) is 0 Å². The van der Waals surface area contributed by atoms with Crippen LogP contribution in [0.2, 0.25) is 10.0 Å². The van der Waals surface area contributed by atoms with Crippen LogP contribution in [0, 0.1) is 5.92 Å². The first-order valence-electron chi connectivity index (χ1n) is 14.0. The summed E-state index contributed by atoms with van der Waals surface area (Å²) in [6.07, 6.45) is 3.68. The number of aromatic nitrogens is 2. The van der Waals surface area contributed by atoms with Crippen molar-refractivity contribution in [3.8, 4) is 0 Å². The quantitative estimate of drug-likeness (QED) is 0.278. The van der Waals surface area contributed by atoms with Gasteiger partial charge in [0.2, 0.25) is 0 Å². The highest BCUT2D eigenvalue weighted by molar-refractivity contribution is 6.42. The summed E-state index contributed by atoms with van der Waals surface area (Å²) in [5.41, 5.74) is 4.44. The standard InChI is InChI=1S/C28H32Cl2N4O2.C2HF3O2/c29-24-6-4-21(15-25(24)30)17-34-26-16-20(2-1-19-7-11-31-12-8-19)3-5-23(26)28(32-34)22-9-13-33(14-10-22)18-27(35)36;3-2(4,5)1(6)7/h1-6,15-16,19,22,31H,7-14,17-18H2,(H,35,36);(H,6,7). The van der Waals surface area contributed by atoms with E-state index in [2.05, 4.69) is 40.3 Å². The van der Waals surface area contributed by atoms with Crippen LogP contribution in [-0.2, 0) is 16.1 Å². The van der Waals surface area contributed by atoms with Crippen LogP contribution in [0.4, 0.5) is 13.2 Å². The number of benzene rings is 2. The van der Waals surface area contributed by atoms with Gasteiger partial charge >= 0.3 is 18.1 Å². The molecule has 13 heteroatoms. The third-order valence-corrected chi connectivity index (χ3v) is 8.38. The van der Waals surface area contributed by atoms with E-state index in [-0.39, 0.29) is 6.54 Å². The van der Waals surface area contributed by atoms with Crippen molar-refractivity contribution in [2.45, 2.75) is 44.3 Å². The van der Waals surface area contributed by atoms with Gasteiger partial charge < -0.3 is 15.5 Å². The highest BCUT2D eigenvalue weighted by Crippen LogP contribution is 2.34. The lowest BCUT2D eigenvalue weighted by Gasteiger charge is -2.30. The molecule has 0 spiro atoms. The Hall–Kier alpha value is -3.12. The van der Waals surface area contributed by atoms with E-state index in [4.69, 9.17) is 43.3 Å². The van der Waals surface area contributed by atoms with Crippen molar-refractivity contribution >= 4 is 52.1 Å². The fourth-order valence-electron chi connectivity index (χ4n) is 5.39. The molecule has 3 aromatic rings. The second-order valence-electron chi connectivity index (χ2n) is 10.8. The summed E-state index contributed by atoms with van der Waals surface area (Å²) in [5.74, 6) is -2.60. The van der Waals surface area contributed by atoms with Gasteiger partial charge in [-0.25, -0.2) is 4.79 Å². The molecule has 3 N–H and O–H groups in total. The Bertz CT molecular complexity index is 1460. The van der Waals surface area contributed by atoms with Gasteiger partial charge in [0.05, 0.1) is 34.3 Å². The highest BCUT2D eigenvalue weighted by Gasteiger charge is 2.38. The van der Waals surface area contributed by atoms with Crippen molar-refractivity contribution in [3.63, 3.8) is 0 Å². The maximum atomic E-state index is 11.1. The van der Waals surface area contributed by atoms with Crippen molar-refractivity contribution < 1.29 is 33.0 Å². The summed E-state index contributed by atoms with van der Waals surface area (Å²) in [6.45, 7) is 4.42. The summed E-state index contributed by atoms with van der Waals surface area (Å²) >= 11 is 12.4. The molecule has 5 rings (SSSR count). The number of rotatable bonds is 7. The number of carboxylic acid groups (broad SMARTS) is 2. The molecule has 43 heavy (non-hydrogen) atoms. The second-order valence-corrected chi connectivity index (χ2v) is 11.6. The molecule has 0 saturated carbocycles. The molecule has 2 aromatic carbocycles. The fourth-order valence-corrected chi connectivity index (χ4v) is 5.71. The first-order chi connectivity index (χ1) is 20.4. The lowest BCUT2D eigenvalue weighted by atomic mass is 9.91. The van der Waals surface area contributed by atoms with Crippen LogP contribution in [-0.4, -0.2) is 75.7 Å². The molecule has 3 heterocycles. The Morgan fingerprint density at radius 1 is 1.00 bits per heavy atom. The predicted octanol–water partition coefficient (Wildman–Crippen LogP) is 6.30. The summed E-state index contributed by atoms with van der Waals surface area (Å²) < 4.78 is 33.8. The first kappa shape index (κ1) is 32.8. The van der Waals surface area contributed by atoms with E-state index in [1.54, 1.807) is 0 Å². The number of carbonyl (C=O) groups is 2. The topological polar surface area (TPSA) is 108 Å². The molecule has 0 unspecified atom stereocenters. The molecule has 2 saturated heterocycles. The van der Waals surface area contributed by atoms with Gasteiger partial charge in [-0.05, 0) is 87.1 Å². The monoisotopic (exact) mass is 640 g/mol.